The van der Waals surface area contributed by atoms with Crippen LogP contribution in [0.5, 0.6) is 11.6 Å². The number of hydrogen-bond acceptors (Lipinski definition) is 7. The Morgan fingerprint density at radius 1 is 1.11 bits per heavy atom. The predicted octanol–water partition coefficient (Wildman–Crippen LogP) is 4.25. The van der Waals surface area contributed by atoms with E-state index in [0.29, 0.717) is 45.6 Å². The number of hydrogen-bond donors (Lipinski definition) is 2. The van der Waals surface area contributed by atoms with Crippen molar-refractivity contribution in [3.05, 3.63) is 89.6 Å². The first-order valence-electron chi connectivity index (χ1n) is 10.6. The number of ether oxygens (including phenoxy) is 1. The summed E-state index contributed by atoms with van der Waals surface area (Å²) in [6.45, 7) is 3.55. The highest BCUT2D eigenvalue weighted by Crippen LogP contribution is 2.31. The lowest BCUT2D eigenvalue weighted by Crippen LogP contribution is -2.13. The summed E-state index contributed by atoms with van der Waals surface area (Å²) in [5, 5.41) is 21.2. The van der Waals surface area contributed by atoms with Crippen LogP contribution in [0.2, 0.25) is 0 Å². The summed E-state index contributed by atoms with van der Waals surface area (Å²) in [7, 11) is 0. The van der Waals surface area contributed by atoms with Crippen LogP contribution in [0.4, 0.5) is 10.1 Å². The molecule has 3 heterocycles. The van der Waals surface area contributed by atoms with Gasteiger partial charge in [0, 0.05) is 12.3 Å². The van der Waals surface area contributed by atoms with Crippen molar-refractivity contribution in [2.75, 3.05) is 5.32 Å². The third-order valence-corrected chi connectivity index (χ3v) is 5.24. The normalized spacial score (nSPS) is 10.8. The molecule has 0 bridgehead atoms. The summed E-state index contributed by atoms with van der Waals surface area (Å²) >= 11 is 0. The molecule has 3 aromatic heterocycles. The van der Waals surface area contributed by atoms with Crippen LogP contribution in [0.3, 0.4) is 0 Å². The number of tetrazole rings is 1. The lowest BCUT2D eigenvalue weighted by atomic mass is 10.2. The van der Waals surface area contributed by atoms with Gasteiger partial charge in [-0.3, -0.25) is 4.79 Å². The minimum absolute atomic E-state index is 0.339. The van der Waals surface area contributed by atoms with Crippen LogP contribution in [-0.4, -0.2) is 41.3 Å². The molecule has 0 radical (unpaired) electrons. The van der Waals surface area contributed by atoms with Crippen LogP contribution in [0.1, 0.15) is 21.6 Å². The highest BCUT2D eigenvalue weighted by atomic mass is 19.1. The van der Waals surface area contributed by atoms with Gasteiger partial charge in [-0.15, -0.1) is 10.2 Å². The minimum atomic E-state index is -0.384. The SMILES string of the molecule is Cc1cc(Oc2ccccc2-c2nn[nH]n2)ncc1NC(=O)c1cn(-c2cccc(F)c2)nc1C. The second-order valence-corrected chi connectivity index (χ2v) is 7.68. The van der Waals surface area contributed by atoms with E-state index in [2.05, 4.69) is 36.0 Å². The van der Waals surface area contributed by atoms with Crippen molar-refractivity contribution in [1.82, 2.24) is 35.4 Å². The van der Waals surface area contributed by atoms with Crippen LogP contribution in [0.15, 0.2) is 67.0 Å². The van der Waals surface area contributed by atoms with Crippen LogP contribution >= 0.6 is 0 Å². The maximum absolute atomic E-state index is 13.6. The van der Waals surface area contributed by atoms with E-state index in [9.17, 15) is 9.18 Å². The zero-order valence-electron chi connectivity index (χ0n) is 18.7. The zero-order chi connectivity index (χ0) is 24.4. The Morgan fingerprint density at radius 2 is 1.97 bits per heavy atom. The topological polar surface area (TPSA) is 124 Å². The van der Waals surface area contributed by atoms with Gasteiger partial charge in [0.25, 0.3) is 5.91 Å². The van der Waals surface area contributed by atoms with Gasteiger partial charge in [0.2, 0.25) is 11.7 Å². The molecule has 0 unspecified atom stereocenters. The second kappa shape index (κ2) is 9.14. The number of carbonyl (C=O) groups is 1. The van der Waals surface area contributed by atoms with Gasteiger partial charge in [0.05, 0.1) is 34.4 Å². The first kappa shape index (κ1) is 21.9. The van der Waals surface area contributed by atoms with Crippen LogP contribution in [0, 0.1) is 19.7 Å². The summed E-state index contributed by atoms with van der Waals surface area (Å²) in [6, 6.07) is 15.0. The number of amides is 1. The molecule has 0 aliphatic heterocycles. The molecular formula is C24H19FN8O2. The maximum atomic E-state index is 13.6. The van der Waals surface area contributed by atoms with E-state index in [0.717, 1.165) is 5.56 Å². The third kappa shape index (κ3) is 4.60. The quantitative estimate of drug-likeness (QED) is 0.380. The molecule has 10 nitrogen and oxygen atoms in total. The van der Waals surface area contributed by atoms with Crippen molar-refractivity contribution < 1.29 is 13.9 Å². The summed E-state index contributed by atoms with van der Waals surface area (Å²) < 4.78 is 21.0. The van der Waals surface area contributed by atoms with E-state index in [1.807, 2.05) is 25.1 Å². The van der Waals surface area contributed by atoms with E-state index in [1.165, 1.54) is 23.0 Å². The van der Waals surface area contributed by atoms with Gasteiger partial charge in [-0.25, -0.2) is 14.1 Å². The van der Waals surface area contributed by atoms with E-state index in [1.54, 1.807) is 37.4 Å². The van der Waals surface area contributed by atoms with Gasteiger partial charge in [-0.1, -0.05) is 18.2 Å². The predicted molar refractivity (Wildman–Crippen MR) is 125 cm³/mol. The molecular weight excluding hydrogens is 451 g/mol. The lowest BCUT2D eigenvalue weighted by Gasteiger charge is -2.11. The van der Waals surface area contributed by atoms with Gasteiger partial charge in [0.15, 0.2) is 0 Å². The van der Waals surface area contributed by atoms with E-state index >= 15 is 0 Å². The number of aryl methyl sites for hydroxylation is 2. The Morgan fingerprint density at radius 3 is 2.74 bits per heavy atom. The number of nitrogens with zero attached hydrogens (tertiary/aromatic N) is 6. The molecule has 0 fully saturated rings. The highest BCUT2D eigenvalue weighted by Gasteiger charge is 2.17. The number of pyridine rings is 1. The van der Waals surface area contributed by atoms with Crippen LogP contribution in [0.25, 0.3) is 17.1 Å². The number of nitrogens with one attached hydrogen (secondary N) is 2. The van der Waals surface area contributed by atoms with Crippen molar-refractivity contribution >= 4 is 11.6 Å². The Balaban J connectivity index is 1.34. The number of H-pyrrole nitrogens is 1. The smallest absolute Gasteiger partial charge is 0.259 e. The molecule has 0 aliphatic carbocycles. The van der Waals surface area contributed by atoms with Gasteiger partial charge < -0.3 is 10.1 Å². The van der Waals surface area contributed by atoms with Crippen LogP contribution < -0.4 is 10.1 Å². The second-order valence-electron chi connectivity index (χ2n) is 7.68. The fourth-order valence-electron chi connectivity index (χ4n) is 3.47. The van der Waals surface area contributed by atoms with Gasteiger partial charge >= 0.3 is 0 Å². The molecule has 0 saturated carbocycles. The van der Waals surface area contributed by atoms with E-state index < -0.39 is 0 Å². The molecule has 5 rings (SSSR count). The first-order valence-corrected chi connectivity index (χ1v) is 10.6. The van der Waals surface area contributed by atoms with Crippen molar-refractivity contribution in [2.45, 2.75) is 13.8 Å². The zero-order valence-corrected chi connectivity index (χ0v) is 18.7. The first-order chi connectivity index (χ1) is 17.0. The Kier molecular flexibility index (Phi) is 5.71. The molecule has 1 amide bonds. The van der Waals surface area contributed by atoms with Gasteiger partial charge in [0.1, 0.15) is 11.6 Å². The van der Waals surface area contributed by atoms with Gasteiger partial charge in [-0.05, 0) is 55.0 Å². The minimum Gasteiger partial charge on any atom is -0.438 e. The van der Waals surface area contributed by atoms with Crippen molar-refractivity contribution in [2.24, 2.45) is 0 Å². The summed E-state index contributed by atoms with van der Waals surface area (Å²) in [5.74, 6) is 0.511. The Hall–Kier alpha value is -4.93. The molecule has 174 valence electrons. The molecule has 35 heavy (non-hydrogen) atoms. The third-order valence-electron chi connectivity index (χ3n) is 5.24. The summed E-state index contributed by atoms with van der Waals surface area (Å²) in [5.41, 5.74) is 3.32. The lowest BCUT2D eigenvalue weighted by molar-refractivity contribution is 0.102. The monoisotopic (exact) mass is 470 g/mol. The Bertz CT molecular complexity index is 1510. The average molecular weight is 470 g/mol. The molecule has 5 aromatic rings. The molecule has 2 aromatic carbocycles. The number of aromatic amines is 1. The van der Waals surface area contributed by atoms with Crippen LogP contribution in [-0.2, 0) is 0 Å². The number of aromatic nitrogens is 7. The summed E-state index contributed by atoms with van der Waals surface area (Å²) in [4.78, 5) is 17.3. The standard InChI is InChI=1S/C24H19FN8O2/c1-14-10-22(35-21-9-4-3-8-18(21)23-28-31-32-29-23)26-12-20(14)27-24(34)19-13-33(30-15(19)2)17-7-5-6-16(25)11-17/h3-13H,1-2H3,(H,27,34)(H,28,29,31,32). The summed E-state index contributed by atoms with van der Waals surface area (Å²) in [6.07, 6.45) is 3.08. The number of anilines is 1. The fourth-order valence-corrected chi connectivity index (χ4v) is 3.47. The molecule has 0 atom stereocenters. The maximum Gasteiger partial charge on any atom is 0.259 e. The Labute approximate surface area is 198 Å². The van der Waals surface area contributed by atoms with Crippen molar-refractivity contribution in [3.8, 4) is 28.7 Å². The number of para-hydroxylation sites is 1. The van der Waals surface area contributed by atoms with E-state index in [-0.39, 0.29) is 11.7 Å². The molecule has 0 spiro atoms. The average Bonchev–Trinajstić information content (AvgIpc) is 3.51. The van der Waals surface area contributed by atoms with E-state index in [4.69, 9.17) is 4.74 Å². The molecule has 0 saturated heterocycles. The number of carbonyl (C=O) groups excluding carboxylic acids is 1. The van der Waals surface area contributed by atoms with Crippen molar-refractivity contribution in [1.29, 1.82) is 0 Å². The van der Waals surface area contributed by atoms with Gasteiger partial charge in [-0.2, -0.15) is 10.3 Å². The molecule has 11 heteroatoms. The largest absolute Gasteiger partial charge is 0.438 e. The molecule has 2 N–H and O–H groups in total. The highest BCUT2D eigenvalue weighted by molar-refractivity contribution is 6.05. The number of benzene rings is 2. The number of halogens is 1. The molecule has 0 aliphatic rings. The number of rotatable bonds is 6. The van der Waals surface area contributed by atoms with Crippen molar-refractivity contribution in [3.63, 3.8) is 0 Å². The fraction of sp³-hybridized carbons (Fsp3) is 0.0833.